The molecule has 0 bridgehead atoms. The zero-order valence-corrected chi connectivity index (χ0v) is 15.5. The van der Waals surface area contributed by atoms with Crippen molar-refractivity contribution in [1.29, 1.82) is 0 Å². The summed E-state index contributed by atoms with van der Waals surface area (Å²) in [6.45, 7) is 1.39. The van der Waals surface area contributed by atoms with Gasteiger partial charge in [-0.2, -0.15) is 0 Å². The van der Waals surface area contributed by atoms with Crippen molar-refractivity contribution in [3.8, 4) is 0 Å². The average Bonchev–Trinajstić information content (AvgIpc) is 2.99. The van der Waals surface area contributed by atoms with E-state index in [9.17, 15) is 9.59 Å². The summed E-state index contributed by atoms with van der Waals surface area (Å²) in [6.07, 6.45) is 4.43. The van der Waals surface area contributed by atoms with Crippen molar-refractivity contribution in [2.45, 2.75) is 25.7 Å². The van der Waals surface area contributed by atoms with Crippen LogP contribution in [0.15, 0.2) is 60.7 Å². The molecular formula is C22H26N2O3. The number of likely N-dealkylation sites (tertiary alicyclic amines) is 1. The molecule has 2 aromatic carbocycles. The second-order valence-electron chi connectivity index (χ2n) is 6.69. The fourth-order valence-electron chi connectivity index (χ4n) is 3.29. The van der Waals surface area contributed by atoms with Crippen LogP contribution in [-0.4, -0.2) is 43.0 Å². The molecular weight excluding hydrogens is 340 g/mol. The molecule has 2 aromatic rings. The highest BCUT2D eigenvalue weighted by molar-refractivity contribution is 6.01. The predicted octanol–water partition coefficient (Wildman–Crippen LogP) is 3.77. The Kier molecular flexibility index (Phi) is 6.99. The maximum atomic E-state index is 12.8. The number of ether oxygens (including phenoxy) is 1. The summed E-state index contributed by atoms with van der Waals surface area (Å²) in [7, 11) is 0. The van der Waals surface area contributed by atoms with Crippen molar-refractivity contribution in [3.05, 3.63) is 60.7 Å². The number of carbonyl (C=O) groups excluding carboxylic acids is 2. The highest BCUT2D eigenvalue weighted by Crippen LogP contribution is 2.25. The Hall–Kier alpha value is -2.66. The second kappa shape index (κ2) is 9.88. The van der Waals surface area contributed by atoms with Crippen LogP contribution in [-0.2, 0) is 14.3 Å². The fraction of sp³-hybridized carbons (Fsp3) is 0.364. The number of anilines is 2. The number of hydrogen-bond acceptors (Lipinski definition) is 3. The Morgan fingerprint density at radius 1 is 0.778 bits per heavy atom. The number of hydrogen-bond donors (Lipinski definition) is 0. The molecule has 0 N–H and O–H groups in total. The number of amides is 2. The monoisotopic (exact) mass is 366 g/mol. The quantitative estimate of drug-likeness (QED) is 0.782. The first-order valence-electron chi connectivity index (χ1n) is 9.54. The van der Waals surface area contributed by atoms with Gasteiger partial charge in [0.1, 0.15) is 13.2 Å². The number of benzene rings is 2. The van der Waals surface area contributed by atoms with Gasteiger partial charge in [0.15, 0.2) is 0 Å². The first-order valence-corrected chi connectivity index (χ1v) is 9.54. The molecule has 1 aliphatic rings. The molecule has 5 heteroatoms. The number of nitrogens with zero attached hydrogens (tertiary/aromatic N) is 2. The van der Waals surface area contributed by atoms with Crippen LogP contribution in [0.5, 0.6) is 0 Å². The van der Waals surface area contributed by atoms with Gasteiger partial charge in [-0.15, -0.1) is 0 Å². The zero-order valence-electron chi connectivity index (χ0n) is 15.5. The van der Waals surface area contributed by atoms with Crippen LogP contribution in [0.2, 0.25) is 0 Å². The molecule has 5 nitrogen and oxygen atoms in total. The third-order valence-electron chi connectivity index (χ3n) is 4.69. The van der Waals surface area contributed by atoms with Gasteiger partial charge >= 0.3 is 0 Å². The van der Waals surface area contributed by atoms with Crippen LogP contribution in [0, 0.1) is 0 Å². The van der Waals surface area contributed by atoms with Gasteiger partial charge in [0, 0.05) is 24.5 Å². The molecule has 1 saturated heterocycles. The molecule has 1 fully saturated rings. The van der Waals surface area contributed by atoms with E-state index in [0.717, 1.165) is 37.3 Å². The Morgan fingerprint density at radius 3 is 1.81 bits per heavy atom. The van der Waals surface area contributed by atoms with E-state index < -0.39 is 0 Å². The van der Waals surface area contributed by atoms with Crippen molar-refractivity contribution in [3.63, 3.8) is 0 Å². The van der Waals surface area contributed by atoms with Crippen LogP contribution >= 0.6 is 0 Å². The third kappa shape index (κ3) is 5.41. The van der Waals surface area contributed by atoms with Crippen LogP contribution < -0.4 is 4.90 Å². The molecule has 0 aliphatic carbocycles. The summed E-state index contributed by atoms with van der Waals surface area (Å²) < 4.78 is 5.49. The van der Waals surface area contributed by atoms with E-state index >= 15 is 0 Å². The Balaban J connectivity index is 1.60. The lowest BCUT2D eigenvalue weighted by atomic mass is 10.2. The molecule has 2 amide bonds. The lowest BCUT2D eigenvalue weighted by Crippen LogP contribution is -2.36. The van der Waals surface area contributed by atoms with Crippen LogP contribution in [0.4, 0.5) is 11.4 Å². The largest absolute Gasteiger partial charge is 0.362 e. The number of rotatable bonds is 6. The van der Waals surface area contributed by atoms with E-state index in [1.807, 2.05) is 65.6 Å². The minimum atomic E-state index is -0.198. The summed E-state index contributed by atoms with van der Waals surface area (Å²) >= 11 is 0. The lowest BCUT2D eigenvalue weighted by molar-refractivity contribution is -0.137. The summed E-state index contributed by atoms with van der Waals surface area (Å²) in [6, 6.07) is 18.9. The average molecular weight is 366 g/mol. The van der Waals surface area contributed by atoms with Crippen LogP contribution in [0.3, 0.4) is 0 Å². The Labute approximate surface area is 160 Å². The van der Waals surface area contributed by atoms with Gasteiger partial charge in [-0.1, -0.05) is 49.2 Å². The Bertz CT molecular complexity index is 686. The van der Waals surface area contributed by atoms with Crippen molar-refractivity contribution in [2.24, 2.45) is 0 Å². The highest BCUT2D eigenvalue weighted by atomic mass is 16.5. The van der Waals surface area contributed by atoms with Gasteiger partial charge in [0.2, 0.25) is 5.91 Å². The van der Waals surface area contributed by atoms with Gasteiger partial charge < -0.3 is 9.64 Å². The van der Waals surface area contributed by atoms with Gasteiger partial charge in [0.25, 0.3) is 5.91 Å². The second-order valence-corrected chi connectivity index (χ2v) is 6.69. The van der Waals surface area contributed by atoms with Crippen LogP contribution in [0.1, 0.15) is 25.7 Å². The molecule has 0 unspecified atom stereocenters. The van der Waals surface area contributed by atoms with Gasteiger partial charge in [-0.25, -0.2) is 0 Å². The van der Waals surface area contributed by atoms with Gasteiger partial charge in [-0.3, -0.25) is 14.5 Å². The Morgan fingerprint density at radius 2 is 1.30 bits per heavy atom. The molecule has 3 rings (SSSR count). The maximum absolute atomic E-state index is 12.8. The van der Waals surface area contributed by atoms with E-state index in [4.69, 9.17) is 4.74 Å². The van der Waals surface area contributed by atoms with E-state index in [-0.39, 0.29) is 25.0 Å². The summed E-state index contributed by atoms with van der Waals surface area (Å²) in [4.78, 5) is 28.6. The topological polar surface area (TPSA) is 49.9 Å². The number of para-hydroxylation sites is 2. The summed E-state index contributed by atoms with van der Waals surface area (Å²) in [5.74, 6) is -0.230. The standard InChI is InChI=1S/C22H26N2O3/c25-21(23-15-9-1-2-10-16-23)17-27-18-22(26)24(19-11-5-3-6-12-19)20-13-7-4-8-14-20/h3-8,11-14H,1-2,9-10,15-18H2. The fourth-order valence-corrected chi connectivity index (χ4v) is 3.29. The van der Waals surface area contributed by atoms with Crippen molar-refractivity contribution < 1.29 is 14.3 Å². The predicted molar refractivity (Wildman–Crippen MR) is 106 cm³/mol. The number of carbonyl (C=O) groups is 2. The molecule has 1 heterocycles. The molecule has 27 heavy (non-hydrogen) atoms. The van der Waals surface area contributed by atoms with Gasteiger partial charge in [-0.05, 0) is 37.1 Å². The summed E-state index contributed by atoms with van der Waals surface area (Å²) in [5, 5.41) is 0. The smallest absolute Gasteiger partial charge is 0.257 e. The lowest BCUT2D eigenvalue weighted by Gasteiger charge is -2.24. The molecule has 0 radical (unpaired) electrons. The van der Waals surface area contributed by atoms with E-state index in [0.29, 0.717) is 0 Å². The van der Waals surface area contributed by atoms with E-state index in [2.05, 4.69) is 0 Å². The van der Waals surface area contributed by atoms with Crippen molar-refractivity contribution >= 4 is 23.2 Å². The zero-order chi connectivity index (χ0) is 18.9. The van der Waals surface area contributed by atoms with Crippen molar-refractivity contribution in [1.82, 2.24) is 4.90 Å². The summed E-state index contributed by atoms with van der Waals surface area (Å²) in [5.41, 5.74) is 1.55. The maximum Gasteiger partial charge on any atom is 0.257 e. The van der Waals surface area contributed by atoms with E-state index in [1.165, 1.54) is 12.8 Å². The molecule has 0 saturated carbocycles. The third-order valence-corrected chi connectivity index (χ3v) is 4.69. The minimum Gasteiger partial charge on any atom is -0.362 e. The highest BCUT2D eigenvalue weighted by Gasteiger charge is 2.20. The van der Waals surface area contributed by atoms with E-state index in [1.54, 1.807) is 4.90 Å². The normalized spacial score (nSPS) is 14.4. The van der Waals surface area contributed by atoms with Gasteiger partial charge in [0.05, 0.1) is 0 Å². The van der Waals surface area contributed by atoms with Crippen molar-refractivity contribution in [2.75, 3.05) is 31.2 Å². The molecule has 0 atom stereocenters. The van der Waals surface area contributed by atoms with Crippen LogP contribution in [0.25, 0.3) is 0 Å². The minimum absolute atomic E-state index is 0.0318. The first kappa shape index (κ1) is 19.1. The molecule has 1 aliphatic heterocycles. The molecule has 0 spiro atoms. The molecule has 0 aromatic heterocycles. The first-order chi connectivity index (χ1) is 13.3. The SMILES string of the molecule is O=C(COCC(=O)N(c1ccccc1)c1ccccc1)N1CCCCCC1. The molecule has 142 valence electrons.